The van der Waals surface area contributed by atoms with Crippen LogP contribution in [-0.2, 0) is 0 Å². The first kappa shape index (κ1) is 10.8. The van der Waals surface area contributed by atoms with Crippen LogP contribution >= 0.6 is 0 Å². The minimum atomic E-state index is -3.17. The van der Waals surface area contributed by atoms with Gasteiger partial charge in [-0.3, -0.25) is 0 Å². The maximum Gasteiger partial charge on any atom is 0.394 e. The van der Waals surface area contributed by atoms with Crippen LogP contribution in [0.25, 0.3) is 0 Å². The van der Waals surface area contributed by atoms with E-state index in [1.165, 1.54) is 19.2 Å². The Hall–Kier alpha value is -1.32. The lowest BCUT2D eigenvalue weighted by atomic mass is 10.2. The summed E-state index contributed by atoms with van der Waals surface area (Å²) in [4.78, 5) is 0. The van der Waals surface area contributed by atoms with Crippen molar-refractivity contribution >= 4 is 0 Å². The molecule has 4 heteroatoms. The van der Waals surface area contributed by atoms with E-state index >= 15 is 0 Å². The van der Waals surface area contributed by atoms with Gasteiger partial charge in [-0.05, 0) is 18.6 Å². The van der Waals surface area contributed by atoms with Crippen LogP contribution in [0.2, 0.25) is 0 Å². The Bertz CT molecular complexity index is 318. The highest BCUT2D eigenvalue weighted by Crippen LogP contribution is 2.27. The summed E-state index contributed by atoms with van der Waals surface area (Å²) >= 11 is 0. The highest BCUT2D eigenvalue weighted by Gasteiger charge is 2.23. The molecule has 0 saturated heterocycles. The number of hydrogen-bond donors (Lipinski definition) is 0. The number of ether oxygens (including phenoxy) is 2. The van der Waals surface area contributed by atoms with Crippen molar-refractivity contribution in [2.24, 2.45) is 0 Å². The molecule has 0 saturated carbocycles. The summed E-state index contributed by atoms with van der Waals surface area (Å²) in [5.41, 5.74) is 0.874. The number of hydrogen-bond acceptors (Lipinski definition) is 2. The lowest BCUT2D eigenvalue weighted by molar-refractivity contribution is -0.159. The first-order valence-corrected chi connectivity index (χ1v) is 4.14. The number of methoxy groups -OCH3 is 1. The third kappa shape index (κ3) is 2.87. The number of benzene rings is 1. The summed E-state index contributed by atoms with van der Waals surface area (Å²) in [7, 11) is 1.48. The van der Waals surface area contributed by atoms with Crippen molar-refractivity contribution in [3.05, 3.63) is 23.8 Å². The van der Waals surface area contributed by atoms with Crippen molar-refractivity contribution in [3.63, 3.8) is 0 Å². The zero-order valence-corrected chi connectivity index (χ0v) is 8.30. The molecule has 0 bridgehead atoms. The molecule has 0 fully saturated rings. The molecule has 14 heavy (non-hydrogen) atoms. The molecule has 0 aliphatic carbocycles. The molecule has 0 aliphatic heterocycles. The molecule has 0 heterocycles. The molecule has 78 valence electrons. The molecule has 2 nitrogen and oxygen atoms in total. The van der Waals surface area contributed by atoms with Gasteiger partial charge in [0.2, 0.25) is 0 Å². The second kappa shape index (κ2) is 3.82. The van der Waals surface area contributed by atoms with Gasteiger partial charge in [-0.25, -0.2) is 0 Å². The molecule has 0 aromatic heterocycles. The Morgan fingerprint density at radius 3 is 2.43 bits per heavy atom. The first-order valence-electron chi connectivity index (χ1n) is 4.14. The standard InChI is InChI=1S/C10H12F2O2/c1-7-4-5-8(6-9(7)13-3)14-10(2,11)12/h4-6H,1-3H3. The first-order chi connectivity index (χ1) is 6.42. The molecule has 0 spiro atoms. The molecule has 0 amide bonds. The quantitative estimate of drug-likeness (QED) is 0.750. The van der Waals surface area contributed by atoms with Crippen LogP contribution < -0.4 is 9.47 Å². The van der Waals surface area contributed by atoms with Crippen molar-refractivity contribution in [3.8, 4) is 11.5 Å². The van der Waals surface area contributed by atoms with Gasteiger partial charge >= 0.3 is 6.11 Å². The van der Waals surface area contributed by atoms with Gasteiger partial charge in [0, 0.05) is 13.0 Å². The SMILES string of the molecule is COc1cc(OC(C)(F)F)ccc1C. The maximum absolute atomic E-state index is 12.5. The van der Waals surface area contributed by atoms with Crippen LogP contribution in [0.3, 0.4) is 0 Å². The number of rotatable bonds is 3. The van der Waals surface area contributed by atoms with E-state index in [1.54, 1.807) is 6.07 Å². The molecule has 1 aromatic carbocycles. The van der Waals surface area contributed by atoms with Crippen molar-refractivity contribution in [2.75, 3.05) is 7.11 Å². The molecule has 0 atom stereocenters. The number of aryl methyl sites for hydroxylation is 1. The van der Waals surface area contributed by atoms with Gasteiger partial charge in [-0.2, -0.15) is 8.78 Å². The Morgan fingerprint density at radius 2 is 1.93 bits per heavy atom. The normalized spacial score (nSPS) is 11.2. The summed E-state index contributed by atoms with van der Waals surface area (Å²) in [6.45, 7) is 2.52. The molecule has 0 unspecified atom stereocenters. The predicted octanol–water partition coefficient (Wildman–Crippen LogP) is 3.00. The monoisotopic (exact) mass is 202 g/mol. The number of alkyl halides is 2. The Kier molecular flexibility index (Phi) is 2.93. The lowest BCUT2D eigenvalue weighted by Crippen LogP contribution is -2.19. The smallest absolute Gasteiger partial charge is 0.394 e. The van der Waals surface area contributed by atoms with Gasteiger partial charge in [0.15, 0.2) is 0 Å². The summed E-state index contributed by atoms with van der Waals surface area (Å²) in [5.74, 6) is 0.631. The second-order valence-corrected chi connectivity index (χ2v) is 3.04. The van der Waals surface area contributed by atoms with E-state index in [0.29, 0.717) is 12.7 Å². The van der Waals surface area contributed by atoms with Crippen LogP contribution in [0.1, 0.15) is 12.5 Å². The summed E-state index contributed by atoms with van der Waals surface area (Å²) in [5, 5.41) is 0. The summed E-state index contributed by atoms with van der Waals surface area (Å²) in [6.07, 6.45) is -3.17. The predicted molar refractivity (Wildman–Crippen MR) is 49.0 cm³/mol. The van der Waals surface area contributed by atoms with Gasteiger partial charge in [-0.15, -0.1) is 0 Å². The van der Waals surface area contributed by atoms with Crippen molar-refractivity contribution in [1.82, 2.24) is 0 Å². The van der Waals surface area contributed by atoms with E-state index in [1.807, 2.05) is 6.92 Å². The molecule has 1 aromatic rings. The van der Waals surface area contributed by atoms with Crippen LogP contribution in [0, 0.1) is 6.92 Å². The average Bonchev–Trinajstić information content (AvgIpc) is 2.06. The molecule has 0 N–H and O–H groups in total. The van der Waals surface area contributed by atoms with E-state index in [-0.39, 0.29) is 5.75 Å². The minimum Gasteiger partial charge on any atom is -0.496 e. The zero-order valence-electron chi connectivity index (χ0n) is 8.30. The Labute approximate surface area is 81.4 Å². The van der Waals surface area contributed by atoms with Gasteiger partial charge < -0.3 is 9.47 Å². The van der Waals surface area contributed by atoms with Gasteiger partial charge in [0.05, 0.1) is 7.11 Å². The molecular weight excluding hydrogens is 190 g/mol. The Balaban J connectivity index is 2.90. The highest BCUT2D eigenvalue weighted by atomic mass is 19.3. The Morgan fingerprint density at radius 1 is 1.29 bits per heavy atom. The van der Waals surface area contributed by atoms with E-state index < -0.39 is 6.11 Å². The van der Waals surface area contributed by atoms with E-state index in [9.17, 15) is 8.78 Å². The zero-order chi connectivity index (χ0) is 10.8. The summed E-state index contributed by atoms with van der Waals surface area (Å²) < 4.78 is 34.3. The van der Waals surface area contributed by atoms with Crippen LogP contribution in [0.15, 0.2) is 18.2 Å². The molecule has 0 aliphatic rings. The highest BCUT2D eigenvalue weighted by molar-refractivity contribution is 5.39. The van der Waals surface area contributed by atoms with Crippen LogP contribution in [0.5, 0.6) is 11.5 Å². The minimum absolute atomic E-state index is 0.0972. The average molecular weight is 202 g/mol. The van der Waals surface area contributed by atoms with E-state index in [0.717, 1.165) is 5.56 Å². The fraction of sp³-hybridized carbons (Fsp3) is 0.400. The third-order valence-electron chi connectivity index (χ3n) is 1.68. The third-order valence-corrected chi connectivity index (χ3v) is 1.68. The van der Waals surface area contributed by atoms with Gasteiger partial charge in [-0.1, -0.05) is 6.07 Å². The lowest BCUT2D eigenvalue weighted by Gasteiger charge is -2.14. The van der Waals surface area contributed by atoms with Crippen molar-refractivity contribution in [2.45, 2.75) is 20.0 Å². The molecule has 0 radical (unpaired) electrons. The van der Waals surface area contributed by atoms with Gasteiger partial charge in [0.25, 0.3) is 0 Å². The van der Waals surface area contributed by atoms with Crippen LogP contribution in [0.4, 0.5) is 8.78 Å². The van der Waals surface area contributed by atoms with E-state index in [2.05, 4.69) is 4.74 Å². The summed E-state index contributed by atoms with van der Waals surface area (Å²) in [6, 6.07) is 4.59. The van der Waals surface area contributed by atoms with Crippen molar-refractivity contribution < 1.29 is 18.3 Å². The largest absolute Gasteiger partial charge is 0.496 e. The fourth-order valence-electron chi connectivity index (χ4n) is 1.07. The molecule has 1 rings (SSSR count). The molecular formula is C10H12F2O2. The topological polar surface area (TPSA) is 18.5 Å². The fourth-order valence-corrected chi connectivity index (χ4v) is 1.07. The van der Waals surface area contributed by atoms with Crippen molar-refractivity contribution in [1.29, 1.82) is 0 Å². The van der Waals surface area contributed by atoms with E-state index in [4.69, 9.17) is 4.74 Å². The maximum atomic E-state index is 12.5. The van der Waals surface area contributed by atoms with Gasteiger partial charge in [0.1, 0.15) is 11.5 Å². The second-order valence-electron chi connectivity index (χ2n) is 3.04. The van der Waals surface area contributed by atoms with Crippen LogP contribution in [-0.4, -0.2) is 13.2 Å². The number of halogens is 2.